The Balaban J connectivity index is 3.00. The van der Waals surface area contributed by atoms with Crippen molar-refractivity contribution in [3.63, 3.8) is 0 Å². The van der Waals surface area contributed by atoms with Gasteiger partial charge in [-0.3, -0.25) is 0 Å². The number of halogens is 1. The molecule has 0 spiro atoms. The van der Waals surface area contributed by atoms with Gasteiger partial charge < -0.3 is 9.90 Å². The number of hydrogen-bond donors (Lipinski definition) is 0. The van der Waals surface area contributed by atoms with Gasteiger partial charge in [-0.2, -0.15) is 0 Å². The van der Waals surface area contributed by atoms with Gasteiger partial charge in [-0.25, -0.2) is 4.98 Å². The molecule has 0 saturated heterocycles. The van der Waals surface area contributed by atoms with Crippen molar-refractivity contribution in [3.05, 3.63) is 28.5 Å². The summed E-state index contributed by atoms with van der Waals surface area (Å²) in [5.74, 6) is -1.21. The third-order valence-corrected chi connectivity index (χ3v) is 1.43. The average molecular weight is 201 g/mol. The lowest BCUT2D eigenvalue weighted by Gasteiger charge is -1.98. The highest BCUT2D eigenvalue weighted by Crippen LogP contribution is 2.04. The van der Waals surface area contributed by atoms with Gasteiger partial charge in [0, 0.05) is 11.8 Å². The number of hydrogen-bond acceptors (Lipinski definition) is 3. The lowest BCUT2D eigenvalue weighted by atomic mass is 10.3. The fourth-order valence-corrected chi connectivity index (χ4v) is 0.731. The quantitative estimate of drug-likeness (QED) is 0.610. The molecule has 1 aromatic rings. The second-order valence-electron chi connectivity index (χ2n) is 1.66. The number of pyridine rings is 1. The first kappa shape index (κ1) is 7.21. The summed E-state index contributed by atoms with van der Waals surface area (Å²) < 4.78 is 0.609. The monoisotopic (exact) mass is 200 g/mol. The van der Waals surface area contributed by atoms with Gasteiger partial charge in [-0.15, -0.1) is 0 Å². The van der Waals surface area contributed by atoms with Gasteiger partial charge in [0.25, 0.3) is 0 Å². The summed E-state index contributed by atoms with van der Waals surface area (Å²) in [6.07, 6.45) is 1.24. The van der Waals surface area contributed by atoms with Crippen molar-refractivity contribution < 1.29 is 9.90 Å². The van der Waals surface area contributed by atoms with E-state index in [1.807, 2.05) is 0 Å². The second-order valence-corrected chi connectivity index (χ2v) is 2.47. The average Bonchev–Trinajstić information content (AvgIpc) is 1.88. The first-order chi connectivity index (χ1) is 4.70. The molecule has 52 valence electrons. The molecule has 0 atom stereocenters. The van der Waals surface area contributed by atoms with Crippen molar-refractivity contribution in [2.24, 2.45) is 0 Å². The van der Waals surface area contributed by atoms with Gasteiger partial charge in [0.1, 0.15) is 4.60 Å². The molecule has 3 nitrogen and oxygen atoms in total. The van der Waals surface area contributed by atoms with Crippen LogP contribution in [0, 0.1) is 0 Å². The smallest absolute Gasteiger partial charge is 0.106 e. The first-order valence-electron chi connectivity index (χ1n) is 2.53. The van der Waals surface area contributed by atoms with E-state index in [0.717, 1.165) is 0 Å². The number of carboxylic acids is 1. The van der Waals surface area contributed by atoms with E-state index in [2.05, 4.69) is 20.9 Å². The molecule has 0 bridgehead atoms. The van der Waals surface area contributed by atoms with Crippen LogP contribution >= 0.6 is 15.9 Å². The maximum absolute atomic E-state index is 10.1. The Hall–Kier alpha value is -0.900. The minimum absolute atomic E-state index is 0.0863. The number of aromatic nitrogens is 1. The Morgan fingerprint density at radius 3 is 2.70 bits per heavy atom. The molecule has 0 fully saturated rings. The van der Waals surface area contributed by atoms with Crippen LogP contribution in [0.3, 0.4) is 0 Å². The van der Waals surface area contributed by atoms with Crippen molar-refractivity contribution in [1.29, 1.82) is 0 Å². The Morgan fingerprint density at radius 2 is 2.30 bits per heavy atom. The van der Waals surface area contributed by atoms with Crippen LogP contribution < -0.4 is 5.11 Å². The van der Waals surface area contributed by atoms with E-state index >= 15 is 0 Å². The van der Waals surface area contributed by atoms with Crippen LogP contribution in [0.15, 0.2) is 22.9 Å². The molecular weight excluding hydrogens is 198 g/mol. The van der Waals surface area contributed by atoms with Gasteiger partial charge in [0.05, 0.1) is 5.97 Å². The SMILES string of the molecule is O=C([O-])c1ccc(Br)nc1. The van der Waals surface area contributed by atoms with Crippen LogP contribution in [0.1, 0.15) is 10.4 Å². The number of carboxylic acid groups (broad SMARTS) is 1. The van der Waals surface area contributed by atoms with Crippen molar-refractivity contribution >= 4 is 21.9 Å². The van der Waals surface area contributed by atoms with Crippen molar-refractivity contribution in [3.8, 4) is 0 Å². The van der Waals surface area contributed by atoms with Crippen molar-refractivity contribution in [2.45, 2.75) is 0 Å². The molecule has 1 rings (SSSR count). The Morgan fingerprint density at radius 1 is 1.60 bits per heavy atom. The van der Waals surface area contributed by atoms with Crippen LogP contribution in [-0.2, 0) is 0 Å². The predicted octanol–water partition coefficient (Wildman–Crippen LogP) is 0.208. The number of rotatable bonds is 1. The number of carbonyl (C=O) groups is 1. The Bertz CT molecular complexity index is 244. The van der Waals surface area contributed by atoms with E-state index in [4.69, 9.17) is 0 Å². The lowest BCUT2D eigenvalue weighted by molar-refractivity contribution is -0.255. The molecular formula is C6H3BrNO2-. The zero-order valence-corrected chi connectivity index (χ0v) is 6.46. The first-order valence-corrected chi connectivity index (χ1v) is 3.32. The zero-order valence-electron chi connectivity index (χ0n) is 4.87. The highest BCUT2D eigenvalue weighted by atomic mass is 79.9. The van der Waals surface area contributed by atoms with E-state index < -0.39 is 5.97 Å². The second kappa shape index (κ2) is 2.79. The third kappa shape index (κ3) is 1.54. The normalized spacial score (nSPS) is 9.30. The molecule has 0 N–H and O–H groups in total. The highest BCUT2D eigenvalue weighted by Gasteiger charge is 1.91. The molecule has 0 saturated carbocycles. The van der Waals surface area contributed by atoms with Gasteiger partial charge >= 0.3 is 0 Å². The van der Waals surface area contributed by atoms with Gasteiger partial charge in [-0.05, 0) is 28.1 Å². The molecule has 10 heavy (non-hydrogen) atoms. The molecule has 0 aliphatic carbocycles. The predicted molar refractivity (Wildman–Crippen MR) is 36.3 cm³/mol. The summed E-state index contributed by atoms with van der Waals surface area (Å²) in [7, 11) is 0. The summed E-state index contributed by atoms with van der Waals surface area (Å²) in [5, 5.41) is 10.1. The molecule has 0 aliphatic heterocycles. The summed E-state index contributed by atoms with van der Waals surface area (Å²) >= 11 is 3.07. The zero-order chi connectivity index (χ0) is 7.56. The third-order valence-electron chi connectivity index (χ3n) is 0.963. The topological polar surface area (TPSA) is 53.0 Å². The van der Waals surface area contributed by atoms with E-state index in [-0.39, 0.29) is 5.56 Å². The number of nitrogens with zero attached hydrogens (tertiary/aromatic N) is 1. The highest BCUT2D eigenvalue weighted by molar-refractivity contribution is 9.10. The number of carbonyl (C=O) groups excluding carboxylic acids is 1. The van der Waals surface area contributed by atoms with Crippen molar-refractivity contribution in [1.82, 2.24) is 4.98 Å². The number of aromatic carboxylic acids is 1. The molecule has 0 aromatic carbocycles. The molecule has 0 unspecified atom stereocenters. The summed E-state index contributed by atoms with van der Waals surface area (Å²) in [4.78, 5) is 13.8. The van der Waals surface area contributed by atoms with Crippen LogP contribution in [0.5, 0.6) is 0 Å². The van der Waals surface area contributed by atoms with E-state index in [0.29, 0.717) is 4.60 Å². The van der Waals surface area contributed by atoms with Gasteiger partial charge in [-0.1, -0.05) is 0 Å². The minimum Gasteiger partial charge on any atom is -0.545 e. The summed E-state index contributed by atoms with van der Waals surface area (Å²) in [5.41, 5.74) is 0.0863. The lowest BCUT2D eigenvalue weighted by Crippen LogP contribution is -2.22. The molecule has 1 aromatic heterocycles. The fraction of sp³-hybridized carbons (Fsp3) is 0. The summed E-state index contributed by atoms with van der Waals surface area (Å²) in [6, 6.07) is 2.97. The molecule has 0 amide bonds. The minimum atomic E-state index is -1.21. The fourth-order valence-electron chi connectivity index (χ4n) is 0.497. The van der Waals surface area contributed by atoms with Crippen molar-refractivity contribution in [2.75, 3.05) is 0 Å². The van der Waals surface area contributed by atoms with Crippen LogP contribution in [0.2, 0.25) is 0 Å². The van der Waals surface area contributed by atoms with Crippen LogP contribution in [0.25, 0.3) is 0 Å². The molecule has 1 heterocycles. The standard InChI is InChI=1S/C6H4BrNO2/c7-5-2-1-4(3-8-5)6(9)10/h1-3H,(H,9,10)/p-1. The largest absolute Gasteiger partial charge is 0.545 e. The van der Waals surface area contributed by atoms with Crippen LogP contribution in [-0.4, -0.2) is 11.0 Å². The van der Waals surface area contributed by atoms with Gasteiger partial charge in [0.2, 0.25) is 0 Å². The van der Waals surface area contributed by atoms with Gasteiger partial charge in [0.15, 0.2) is 0 Å². The maximum atomic E-state index is 10.1. The maximum Gasteiger partial charge on any atom is 0.106 e. The van der Waals surface area contributed by atoms with Crippen LogP contribution in [0.4, 0.5) is 0 Å². The van der Waals surface area contributed by atoms with E-state index in [9.17, 15) is 9.90 Å². The Labute approximate surface area is 65.8 Å². The molecule has 4 heteroatoms. The van der Waals surface area contributed by atoms with E-state index in [1.54, 1.807) is 6.07 Å². The van der Waals surface area contributed by atoms with E-state index in [1.165, 1.54) is 12.3 Å². The molecule has 0 radical (unpaired) electrons. The Kier molecular flexibility index (Phi) is 2.01. The molecule has 0 aliphatic rings. The summed E-state index contributed by atoms with van der Waals surface area (Å²) in [6.45, 7) is 0.